The van der Waals surface area contributed by atoms with Gasteiger partial charge in [-0.05, 0) is 0 Å². The summed E-state index contributed by atoms with van der Waals surface area (Å²) in [5.74, 6) is 0. The minimum atomic E-state index is 0. The molecule has 0 aliphatic heterocycles. The quantitative estimate of drug-likeness (QED) is 0.308. The van der Waals surface area contributed by atoms with Crippen molar-refractivity contribution < 1.29 is 129 Å². The average Bonchev–Trinajstić information content (AvgIpc) is 0. The first-order chi connectivity index (χ1) is 0. The molecule has 0 atom stereocenters. The van der Waals surface area contributed by atoms with Crippen LogP contribution in [0.3, 0.4) is 0 Å². The van der Waals surface area contributed by atoms with Gasteiger partial charge in [0, 0.05) is 0 Å². The molecular formula is I2KNa. The van der Waals surface area contributed by atoms with Crippen molar-refractivity contribution in [3.63, 3.8) is 0 Å². The number of rotatable bonds is 0. The molecule has 0 saturated heterocycles. The molecule has 4 heavy (non-hydrogen) atoms. The Morgan fingerprint density at radius 2 is 0.750 bits per heavy atom. The van der Waals surface area contributed by atoms with Crippen LogP contribution in [-0.4, -0.2) is 0 Å². The van der Waals surface area contributed by atoms with Gasteiger partial charge < -0.3 is 48.0 Å². The Labute approximate surface area is 125 Å². The van der Waals surface area contributed by atoms with E-state index in [-0.39, 0.29) is 129 Å². The van der Waals surface area contributed by atoms with Gasteiger partial charge in [0.1, 0.15) is 0 Å². The second kappa shape index (κ2) is 15.7. The van der Waals surface area contributed by atoms with E-state index >= 15 is 0 Å². The van der Waals surface area contributed by atoms with E-state index < -0.39 is 0 Å². The monoisotopic (exact) mass is 316 g/mol. The fourth-order valence-corrected chi connectivity index (χ4v) is 0. The third kappa shape index (κ3) is 9.44. The van der Waals surface area contributed by atoms with E-state index in [1.165, 1.54) is 0 Å². The van der Waals surface area contributed by atoms with Gasteiger partial charge >= 0.3 is 80.9 Å². The van der Waals surface area contributed by atoms with Crippen LogP contribution in [-0.2, 0) is 0 Å². The summed E-state index contributed by atoms with van der Waals surface area (Å²) >= 11 is 0. The standard InChI is InChI=1S/2HI.K.Na/h2*1H;;/q;;2*+1/p-2. The summed E-state index contributed by atoms with van der Waals surface area (Å²) in [6.07, 6.45) is 0. The van der Waals surface area contributed by atoms with Gasteiger partial charge in [-0.2, -0.15) is 0 Å². The Kier molecular flexibility index (Phi) is 95.5. The van der Waals surface area contributed by atoms with E-state index in [9.17, 15) is 0 Å². The van der Waals surface area contributed by atoms with Crippen LogP contribution in [0.15, 0.2) is 0 Å². The maximum Gasteiger partial charge on any atom is 1.00 e. The van der Waals surface area contributed by atoms with Crippen molar-refractivity contribution in [2.75, 3.05) is 0 Å². The van der Waals surface area contributed by atoms with Crippen LogP contribution < -0.4 is 129 Å². The Morgan fingerprint density at radius 1 is 0.750 bits per heavy atom. The summed E-state index contributed by atoms with van der Waals surface area (Å²) in [6.45, 7) is 0. The molecule has 0 radical (unpaired) electrons. The molecule has 4 heteroatoms. The van der Waals surface area contributed by atoms with Crippen molar-refractivity contribution in [3.8, 4) is 0 Å². The van der Waals surface area contributed by atoms with E-state index in [1.54, 1.807) is 0 Å². The van der Waals surface area contributed by atoms with Gasteiger partial charge in [-0.15, -0.1) is 0 Å². The second-order valence-corrected chi connectivity index (χ2v) is 0. The Bertz CT molecular complexity index is 6.00. The zero-order valence-electron chi connectivity index (χ0n) is 2.76. The fraction of sp³-hybridized carbons (Fsp3) is 0. The van der Waals surface area contributed by atoms with Crippen LogP contribution >= 0.6 is 0 Å². The predicted molar refractivity (Wildman–Crippen MR) is 0 cm³/mol. The molecule has 0 aliphatic carbocycles. The fourth-order valence-electron chi connectivity index (χ4n) is 0. The van der Waals surface area contributed by atoms with Crippen molar-refractivity contribution in [1.29, 1.82) is 0 Å². The van der Waals surface area contributed by atoms with E-state index in [0.29, 0.717) is 0 Å². The SMILES string of the molecule is [I-].[I-].[K+].[Na+]. The zero-order valence-corrected chi connectivity index (χ0v) is 12.2. The third-order valence-corrected chi connectivity index (χ3v) is 0. The van der Waals surface area contributed by atoms with E-state index in [1.807, 2.05) is 0 Å². The minimum absolute atomic E-state index is 0. The average molecular weight is 316 g/mol. The summed E-state index contributed by atoms with van der Waals surface area (Å²) in [4.78, 5) is 0. The molecular weight excluding hydrogens is 316 g/mol. The van der Waals surface area contributed by atoms with Crippen molar-refractivity contribution in [2.45, 2.75) is 0 Å². The molecule has 0 bridgehead atoms. The van der Waals surface area contributed by atoms with Gasteiger partial charge in [-0.1, -0.05) is 0 Å². The molecule has 0 fully saturated rings. The van der Waals surface area contributed by atoms with Crippen LogP contribution in [0.1, 0.15) is 0 Å². The largest absolute Gasteiger partial charge is 1.00 e. The molecule has 16 valence electrons. The van der Waals surface area contributed by atoms with Crippen molar-refractivity contribution in [3.05, 3.63) is 0 Å². The molecule has 0 nitrogen and oxygen atoms in total. The van der Waals surface area contributed by atoms with Crippen LogP contribution in [0.2, 0.25) is 0 Å². The summed E-state index contributed by atoms with van der Waals surface area (Å²) in [7, 11) is 0. The number of hydrogen-bond donors (Lipinski definition) is 0. The summed E-state index contributed by atoms with van der Waals surface area (Å²) in [6, 6.07) is 0. The minimum Gasteiger partial charge on any atom is -1.00 e. The smallest absolute Gasteiger partial charge is 1.00 e. The molecule has 0 aliphatic rings. The molecule has 0 heterocycles. The van der Waals surface area contributed by atoms with Gasteiger partial charge in [-0.3, -0.25) is 0 Å². The second-order valence-electron chi connectivity index (χ2n) is 0. The van der Waals surface area contributed by atoms with E-state index in [0.717, 1.165) is 0 Å². The van der Waals surface area contributed by atoms with Gasteiger partial charge in [0.05, 0.1) is 0 Å². The zero-order chi connectivity index (χ0) is 0. The maximum atomic E-state index is 0. The van der Waals surface area contributed by atoms with Gasteiger partial charge in [-0.25, -0.2) is 0 Å². The Hall–Kier alpha value is 4.10. The van der Waals surface area contributed by atoms with Crippen molar-refractivity contribution in [1.82, 2.24) is 0 Å². The molecule has 0 rings (SSSR count). The topological polar surface area (TPSA) is 0 Å². The number of halogens is 2. The first kappa shape index (κ1) is 24.3. The van der Waals surface area contributed by atoms with Crippen LogP contribution in [0.4, 0.5) is 0 Å². The summed E-state index contributed by atoms with van der Waals surface area (Å²) in [5.41, 5.74) is 0. The van der Waals surface area contributed by atoms with Crippen LogP contribution in [0.5, 0.6) is 0 Å². The predicted octanol–water partition coefficient (Wildman–Crippen LogP) is -12.0. The van der Waals surface area contributed by atoms with Gasteiger partial charge in [0.25, 0.3) is 0 Å². The van der Waals surface area contributed by atoms with Gasteiger partial charge in [0.15, 0.2) is 0 Å². The van der Waals surface area contributed by atoms with Crippen LogP contribution in [0, 0.1) is 0 Å². The molecule has 0 aromatic rings. The first-order valence-corrected chi connectivity index (χ1v) is 0. The van der Waals surface area contributed by atoms with E-state index in [2.05, 4.69) is 0 Å². The van der Waals surface area contributed by atoms with Crippen molar-refractivity contribution in [2.24, 2.45) is 0 Å². The van der Waals surface area contributed by atoms with Crippen molar-refractivity contribution >= 4 is 0 Å². The first-order valence-electron chi connectivity index (χ1n) is 0. The molecule has 0 saturated carbocycles. The Morgan fingerprint density at radius 3 is 0.750 bits per heavy atom. The molecule has 0 N–H and O–H groups in total. The molecule has 0 aromatic heterocycles. The molecule has 0 unspecified atom stereocenters. The number of hydrogen-bond acceptors (Lipinski definition) is 0. The molecule has 0 amide bonds. The summed E-state index contributed by atoms with van der Waals surface area (Å²) < 4.78 is 0. The third-order valence-electron chi connectivity index (χ3n) is 0. The Balaban J connectivity index is 0. The summed E-state index contributed by atoms with van der Waals surface area (Å²) in [5, 5.41) is 0. The van der Waals surface area contributed by atoms with E-state index in [4.69, 9.17) is 0 Å². The molecule has 0 aromatic carbocycles. The maximum absolute atomic E-state index is 0. The van der Waals surface area contributed by atoms with Gasteiger partial charge in [0.2, 0.25) is 0 Å². The van der Waals surface area contributed by atoms with Crippen LogP contribution in [0.25, 0.3) is 0 Å². The molecule has 0 spiro atoms. The normalized spacial score (nSPS) is 0.